The fourth-order valence-electron chi connectivity index (χ4n) is 3.16. The van der Waals surface area contributed by atoms with Crippen molar-refractivity contribution in [2.75, 3.05) is 7.11 Å². The molecule has 27 heavy (non-hydrogen) atoms. The number of aromatic amines is 2. The van der Waals surface area contributed by atoms with Crippen molar-refractivity contribution in [2.45, 2.75) is 26.3 Å². The van der Waals surface area contributed by atoms with Crippen molar-refractivity contribution in [1.82, 2.24) is 20.3 Å². The third kappa shape index (κ3) is 3.92. The van der Waals surface area contributed by atoms with Crippen molar-refractivity contribution in [3.05, 3.63) is 76.6 Å². The van der Waals surface area contributed by atoms with Crippen LogP contribution in [0, 0.1) is 13.8 Å². The van der Waals surface area contributed by atoms with E-state index in [1.807, 2.05) is 30.3 Å². The molecule has 140 valence electrons. The molecule has 0 aliphatic heterocycles. The van der Waals surface area contributed by atoms with Gasteiger partial charge in [0.25, 0.3) is 5.91 Å². The predicted octanol–water partition coefficient (Wildman–Crippen LogP) is 2.86. The maximum atomic E-state index is 12.9. The van der Waals surface area contributed by atoms with Crippen LogP contribution in [0.2, 0.25) is 0 Å². The summed E-state index contributed by atoms with van der Waals surface area (Å²) >= 11 is 0. The highest BCUT2D eigenvalue weighted by molar-refractivity contribution is 6.00. The standard InChI is InChI=1S/C20H22N4O3/c1-12-17(20(26)27-3)13(2)23-18(12)19(25)24-15(11-16-21-9-10-22-16)14-7-5-4-6-8-14/h4-10,15,23H,11H2,1-3H3,(H,21,22)(H,24,25). The molecular weight excluding hydrogens is 344 g/mol. The van der Waals surface area contributed by atoms with Gasteiger partial charge in [-0.1, -0.05) is 30.3 Å². The summed E-state index contributed by atoms with van der Waals surface area (Å²) in [4.78, 5) is 35.2. The Morgan fingerprint density at radius 2 is 1.96 bits per heavy atom. The SMILES string of the molecule is COC(=O)c1c(C)[nH]c(C(=O)NC(Cc2ncc[nH]2)c2ccccc2)c1C. The van der Waals surface area contributed by atoms with Gasteiger partial charge in [0.15, 0.2) is 0 Å². The van der Waals surface area contributed by atoms with Gasteiger partial charge in [-0.15, -0.1) is 0 Å². The molecule has 0 fully saturated rings. The zero-order chi connectivity index (χ0) is 19.4. The van der Waals surface area contributed by atoms with E-state index in [1.54, 1.807) is 26.2 Å². The predicted molar refractivity (Wildman–Crippen MR) is 101 cm³/mol. The molecule has 1 atom stereocenters. The summed E-state index contributed by atoms with van der Waals surface area (Å²) in [5.41, 5.74) is 2.89. The van der Waals surface area contributed by atoms with Crippen LogP contribution in [0.1, 0.15) is 49.5 Å². The molecule has 3 rings (SSSR count). The highest BCUT2D eigenvalue weighted by Gasteiger charge is 2.24. The number of imidazole rings is 1. The summed E-state index contributed by atoms with van der Waals surface area (Å²) in [6.07, 6.45) is 3.95. The summed E-state index contributed by atoms with van der Waals surface area (Å²) in [7, 11) is 1.32. The van der Waals surface area contributed by atoms with E-state index in [-0.39, 0.29) is 11.9 Å². The van der Waals surface area contributed by atoms with Gasteiger partial charge >= 0.3 is 5.97 Å². The van der Waals surface area contributed by atoms with Crippen molar-refractivity contribution >= 4 is 11.9 Å². The molecule has 3 aromatic rings. The number of ether oxygens (including phenoxy) is 1. The van der Waals surface area contributed by atoms with Crippen molar-refractivity contribution in [1.29, 1.82) is 0 Å². The van der Waals surface area contributed by atoms with E-state index in [0.717, 1.165) is 11.4 Å². The van der Waals surface area contributed by atoms with Crippen molar-refractivity contribution < 1.29 is 14.3 Å². The molecule has 7 nitrogen and oxygen atoms in total. The van der Waals surface area contributed by atoms with E-state index < -0.39 is 5.97 Å². The fourth-order valence-corrected chi connectivity index (χ4v) is 3.16. The van der Waals surface area contributed by atoms with Gasteiger partial charge in [-0.3, -0.25) is 4.79 Å². The molecule has 0 aliphatic carbocycles. The first-order valence-electron chi connectivity index (χ1n) is 8.62. The summed E-state index contributed by atoms with van der Waals surface area (Å²) in [5, 5.41) is 3.04. The van der Waals surface area contributed by atoms with Crippen molar-refractivity contribution in [3.8, 4) is 0 Å². The molecule has 0 spiro atoms. The minimum absolute atomic E-state index is 0.269. The van der Waals surface area contributed by atoms with Crippen molar-refractivity contribution in [3.63, 3.8) is 0 Å². The zero-order valence-electron chi connectivity index (χ0n) is 15.5. The largest absolute Gasteiger partial charge is 0.465 e. The van der Waals surface area contributed by atoms with Crippen LogP contribution in [-0.2, 0) is 11.2 Å². The monoisotopic (exact) mass is 366 g/mol. The number of amides is 1. The Kier molecular flexibility index (Phi) is 5.40. The molecule has 2 heterocycles. The van der Waals surface area contributed by atoms with E-state index in [9.17, 15) is 9.59 Å². The normalized spacial score (nSPS) is 11.8. The van der Waals surface area contributed by atoms with Crippen LogP contribution >= 0.6 is 0 Å². The van der Waals surface area contributed by atoms with Gasteiger partial charge in [-0.25, -0.2) is 9.78 Å². The number of rotatable bonds is 6. The number of nitrogens with zero attached hydrogens (tertiary/aromatic N) is 1. The van der Waals surface area contributed by atoms with E-state index in [4.69, 9.17) is 4.74 Å². The lowest BCUT2D eigenvalue weighted by Crippen LogP contribution is -2.31. The summed E-state index contributed by atoms with van der Waals surface area (Å²) in [6.45, 7) is 3.47. The lowest BCUT2D eigenvalue weighted by Gasteiger charge is -2.18. The van der Waals surface area contributed by atoms with Crippen LogP contribution in [0.5, 0.6) is 0 Å². The number of hydrogen-bond acceptors (Lipinski definition) is 4. The van der Waals surface area contributed by atoms with Crippen LogP contribution < -0.4 is 5.32 Å². The molecule has 2 aromatic heterocycles. The summed E-state index contributed by atoms with van der Waals surface area (Å²) < 4.78 is 4.81. The maximum absolute atomic E-state index is 12.9. The number of carbonyl (C=O) groups is 2. The molecule has 0 saturated heterocycles. The Balaban J connectivity index is 1.88. The van der Waals surface area contributed by atoms with Gasteiger partial charge in [-0.05, 0) is 25.0 Å². The number of hydrogen-bond donors (Lipinski definition) is 3. The summed E-state index contributed by atoms with van der Waals surface area (Å²) in [6, 6.07) is 9.43. The second kappa shape index (κ2) is 7.90. The number of aryl methyl sites for hydroxylation is 1. The molecule has 1 aromatic carbocycles. The average Bonchev–Trinajstić information content (AvgIpc) is 3.29. The Morgan fingerprint density at radius 3 is 2.59 bits per heavy atom. The van der Waals surface area contributed by atoms with E-state index in [1.165, 1.54) is 7.11 Å². The third-order valence-electron chi connectivity index (χ3n) is 4.51. The Bertz CT molecular complexity index is 930. The van der Waals surface area contributed by atoms with Gasteiger partial charge in [0, 0.05) is 24.5 Å². The molecule has 0 saturated carbocycles. The molecule has 0 aliphatic rings. The molecule has 7 heteroatoms. The second-order valence-electron chi connectivity index (χ2n) is 6.29. The van der Waals surface area contributed by atoms with Gasteiger partial charge in [0.2, 0.25) is 0 Å². The number of H-pyrrole nitrogens is 2. The van der Waals surface area contributed by atoms with Gasteiger partial charge in [0.1, 0.15) is 11.5 Å². The number of carbonyl (C=O) groups excluding carboxylic acids is 2. The molecule has 0 bridgehead atoms. The van der Waals surface area contributed by atoms with Crippen molar-refractivity contribution in [2.24, 2.45) is 0 Å². The van der Waals surface area contributed by atoms with E-state index in [0.29, 0.717) is 28.9 Å². The van der Waals surface area contributed by atoms with Crippen LogP contribution in [0.4, 0.5) is 0 Å². The number of nitrogens with one attached hydrogen (secondary N) is 3. The minimum Gasteiger partial charge on any atom is -0.465 e. The first-order valence-corrected chi connectivity index (χ1v) is 8.62. The molecule has 1 amide bonds. The molecule has 3 N–H and O–H groups in total. The molecular formula is C20H22N4O3. The number of esters is 1. The van der Waals surface area contributed by atoms with Crippen LogP contribution in [0.25, 0.3) is 0 Å². The van der Waals surface area contributed by atoms with Gasteiger partial charge < -0.3 is 20.0 Å². The maximum Gasteiger partial charge on any atom is 0.339 e. The first-order chi connectivity index (χ1) is 13.0. The second-order valence-corrected chi connectivity index (χ2v) is 6.29. The quantitative estimate of drug-likeness (QED) is 0.584. The van der Waals surface area contributed by atoms with Crippen LogP contribution in [-0.4, -0.2) is 33.9 Å². The van der Waals surface area contributed by atoms with Crippen LogP contribution in [0.3, 0.4) is 0 Å². The number of methoxy groups -OCH3 is 1. The number of benzene rings is 1. The van der Waals surface area contributed by atoms with Crippen LogP contribution in [0.15, 0.2) is 42.7 Å². The highest BCUT2D eigenvalue weighted by Crippen LogP contribution is 2.21. The Hall–Kier alpha value is -3.35. The van der Waals surface area contributed by atoms with E-state index >= 15 is 0 Å². The Labute approximate surface area is 157 Å². The smallest absolute Gasteiger partial charge is 0.339 e. The topological polar surface area (TPSA) is 99.9 Å². The first kappa shape index (κ1) is 18.4. The highest BCUT2D eigenvalue weighted by atomic mass is 16.5. The Morgan fingerprint density at radius 1 is 1.22 bits per heavy atom. The minimum atomic E-state index is -0.463. The van der Waals surface area contributed by atoms with Gasteiger partial charge in [0.05, 0.1) is 18.7 Å². The lowest BCUT2D eigenvalue weighted by molar-refractivity contribution is 0.0599. The molecule has 1 unspecified atom stereocenters. The molecule has 0 radical (unpaired) electrons. The number of aromatic nitrogens is 3. The summed E-state index contributed by atoms with van der Waals surface area (Å²) in [5.74, 6) is 0.0282. The van der Waals surface area contributed by atoms with E-state index in [2.05, 4.69) is 20.3 Å². The zero-order valence-corrected chi connectivity index (χ0v) is 15.5. The average molecular weight is 366 g/mol. The third-order valence-corrected chi connectivity index (χ3v) is 4.51. The lowest BCUT2D eigenvalue weighted by atomic mass is 10.0. The fraction of sp³-hybridized carbons (Fsp3) is 0.250. The van der Waals surface area contributed by atoms with Gasteiger partial charge in [-0.2, -0.15) is 0 Å².